The highest BCUT2D eigenvalue weighted by molar-refractivity contribution is 5.14. The molecule has 2 heteroatoms. The number of rotatable bonds is 5. The maximum absolute atomic E-state index is 9.46. The summed E-state index contributed by atoms with van der Waals surface area (Å²) in [5.74, 6) is 0. The summed E-state index contributed by atoms with van der Waals surface area (Å²) in [6, 6.07) is 9.90. The summed E-state index contributed by atoms with van der Waals surface area (Å²) in [6.07, 6.45) is 1.14. The van der Waals surface area contributed by atoms with Crippen LogP contribution in [0.5, 0.6) is 0 Å². The number of hydrogen-bond donors (Lipinski definition) is 2. The van der Waals surface area contributed by atoms with Gasteiger partial charge in [0, 0.05) is 0 Å². The lowest BCUT2D eigenvalue weighted by atomic mass is 10.0. The third-order valence-electron chi connectivity index (χ3n) is 2.21. The van der Waals surface area contributed by atoms with Crippen molar-refractivity contribution in [3.63, 3.8) is 0 Å². The van der Waals surface area contributed by atoms with Gasteiger partial charge < -0.3 is 10.2 Å². The predicted molar refractivity (Wildman–Crippen MR) is 57.0 cm³/mol. The van der Waals surface area contributed by atoms with Crippen molar-refractivity contribution >= 4 is 0 Å². The Hall–Kier alpha value is -1.12. The van der Waals surface area contributed by atoms with E-state index in [0.717, 1.165) is 6.42 Å². The van der Waals surface area contributed by atoms with Gasteiger partial charge in [-0.2, -0.15) is 0 Å². The zero-order valence-corrected chi connectivity index (χ0v) is 8.13. The second-order valence-corrected chi connectivity index (χ2v) is 3.32. The molecule has 2 nitrogen and oxygen atoms in total. The lowest BCUT2D eigenvalue weighted by Crippen LogP contribution is -2.23. The van der Waals surface area contributed by atoms with Gasteiger partial charge >= 0.3 is 0 Å². The van der Waals surface area contributed by atoms with Crippen LogP contribution in [-0.4, -0.2) is 22.4 Å². The van der Waals surface area contributed by atoms with Crippen LogP contribution in [0.2, 0.25) is 0 Å². The highest BCUT2D eigenvalue weighted by Gasteiger charge is 2.11. The molecule has 0 saturated carbocycles. The summed E-state index contributed by atoms with van der Waals surface area (Å²) >= 11 is 0. The van der Waals surface area contributed by atoms with Crippen LogP contribution in [0.15, 0.2) is 43.0 Å². The van der Waals surface area contributed by atoms with Gasteiger partial charge in [0.1, 0.15) is 0 Å². The Labute approximate surface area is 84.5 Å². The number of aliphatic hydroxyl groups is 2. The number of hydrogen-bond acceptors (Lipinski definition) is 2. The molecule has 1 aromatic rings. The van der Waals surface area contributed by atoms with Gasteiger partial charge in [0.05, 0.1) is 12.2 Å². The fourth-order valence-electron chi connectivity index (χ4n) is 1.29. The van der Waals surface area contributed by atoms with Crippen LogP contribution in [-0.2, 0) is 6.42 Å². The third kappa shape index (κ3) is 3.32. The van der Waals surface area contributed by atoms with Crippen molar-refractivity contribution in [1.82, 2.24) is 0 Å². The van der Waals surface area contributed by atoms with Crippen LogP contribution in [0, 0.1) is 0 Å². The van der Waals surface area contributed by atoms with E-state index >= 15 is 0 Å². The normalized spacial score (nSPS) is 14.7. The Morgan fingerprint density at radius 3 is 2.43 bits per heavy atom. The fourth-order valence-corrected chi connectivity index (χ4v) is 1.29. The summed E-state index contributed by atoms with van der Waals surface area (Å²) in [5.41, 5.74) is 1.17. The van der Waals surface area contributed by atoms with Gasteiger partial charge in [0.25, 0.3) is 0 Å². The molecule has 1 rings (SSSR count). The average molecular weight is 192 g/mol. The van der Waals surface area contributed by atoms with E-state index in [0.29, 0.717) is 6.42 Å². The highest BCUT2D eigenvalue weighted by Crippen LogP contribution is 2.07. The second-order valence-electron chi connectivity index (χ2n) is 3.32. The van der Waals surface area contributed by atoms with Crippen LogP contribution >= 0.6 is 0 Å². The van der Waals surface area contributed by atoms with Crippen molar-refractivity contribution in [2.45, 2.75) is 25.0 Å². The molecule has 0 aromatic heterocycles. The average Bonchev–Trinajstić information content (AvgIpc) is 2.26. The van der Waals surface area contributed by atoms with E-state index in [1.54, 1.807) is 0 Å². The molecule has 14 heavy (non-hydrogen) atoms. The smallest absolute Gasteiger partial charge is 0.0977 e. The van der Waals surface area contributed by atoms with Gasteiger partial charge in [-0.25, -0.2) is 0 Å². The molecular formula is C12H16O2. The quantitative estimate of drug-likeness (QED) is 0.694. The predicted octanol–water partition coefficient (Wildman–Crippen LogP) is 1.53. The van der Waals surface area contributed by atoms with Gasteiger partial charge in [-0.1, -0.05) is 36.4 Å². The first kappa shape index (κ1) is 11.0. The molecule has 0 aliphatic heterocycles. The number of aryl methyl sites for hydroxylation is 1. The summed E-state index contributed by atoms with van der Waals surface area (Å²) in [7, 11) is 0. The van der Waals surface area contributed by atoms with Gasteiger partial charge in [-0.3, -0.25) is 0 Å². The molecule has 0 amide bonds. The van der Waals surface area contributed by atoms with E-state index in [9.17, 15) is 10.2 Å². The molecule has 0 fully saturated rings. The Balaban J connectivity index is 2.37. The van der Waals surface area contributed by atoms with E-state index in [4.69, 9.17) is 0 Å². The molecule has 0 aliphatic carbocycles. The molecule has 1 aromatic carbocycles. The highest BCUT2D eigenvalue weighted by atomic mass is 16.3. The van der Waals surface area contributed by atoms with E-state index < -0.39 is 12.2 Å². The maximum Gasteiger partial charge on any atom is 0.0977 e. The summed E-state index contributed by atoms with van der Waals surface area (Å²) < 4.78 is 0. The summed E-state index contributed by atoms with van der Waals surface area (Å²) in [5, 5.41) is 18.7. The Morgan fingerprint density at radius 2 is 1.86 bits per heavy atom. The molecule has 0 bridgehead atoms. The van der Waals surface area contributed by atoms with Gasteiger partial charge in [-0.15, -0.1) is 6.58 Å². The van der Waals surface area contributed by atoms with Crippen molar-refractivity contribution in [2.24, 2.45) is 0 Å². The fraction of sp³-hybridized carbons (Fsp3) is 0.333. The Bertz CT molecular complexity index is 269. The van der Waals surface area contributed by atoms with E-state index in [-0.39, 0.29) is 0 Å². The first-order chi connectivity index (χ1) is 6.74. The van der Waals surface area contributed by atoms with Crippen LogP contribution in [0.1, 0.15) is 12.0 Å². The molecular weight excluding hydrogens is 176 g/mol. The van der Waals surface area contributed by atoms with Gasteiger partial charge in [0.15, 0.2) is 0 Å². The molecule has 76 valence electrons. The van der Waals surface area contributed by atoms with Crippen molar-refractivity contribution < 1.29 is 10.2 Å². The standard InChI is InChI=1S/C12H16O2/c1-2-11(13)12(14)9-8-10-6-4-3-5-7-10/h2-7,11-14H,1,8-9H2/t11-,12+/m1/s1. The first-order valence-corrected chi connectivity index (χ1v) is 4.76. The molecule has 0 unspecified atom stereocenters. The SMILES string of the molecule is C=C[C@@H](O)[C@@H](O)CCc1ccccc1. The largest absolute Gasteiger partial charge is 0.390 e. The molecule has 0 spiro atoms. The zero-order chi connectivity index (χ0) is 10.4. The monoisotopic (exact) mass is 192 g/mol. The Morgan fingerprint density at radius 1 is 1.21 bits per heavy atom. The lowest BCUT2D eigenvalue weighted by molar-refractivity contribution is 0.0437. The molecule has 0 aliphatic rings. The molecule has 0 heterocycles. The Kier molecular flexibility index (Phi) is 4.36. The number of aliphatic hydroxyl groups excluding tert-OH is 2. The van der Waals surface area contributed by atoms with Crippen LogP contribution in [0.25, 0.3) is 0 Å². The van der Waals surface area contributed by atoms with E-state index in [2.05, 4.69) is 6.58 Å². The topological polar surface area (TPSA) is 40.5 Å². The summed E-state index contributed by atoms with van der Waals surface area (Å²) in [6.45, 7) is 3.43. The molecule has 2 atom stereocenters. The second kappa shape index (κ2) is 5.58. The van der Waals surface area contributed by atoms with Gasteiger partial charge in [0.2, 0.25) is 0 Å². The minimum atomic E-state index is -0.821. The minimum absolute atomic E-state index is 0.553. The van der Waals surface area contributed by atoms with Crippen molar-refractivity contribution in [3.8, 4) is 0 Å². The third-order valence-corrected chi connectivity index (χ3v) is 2.21. The molecule has 2 N–H and O–H groups in total. The van der Waals surface area contributed by atoms with Crippen LogP contribution in [0.4, 0.5) is 0 Å². The maximum atomic E-state index is 9.46. The van der Waals surface area contributed by atoms with Crippen molar-refractivity contribution in [2.75, 3.05) is 0 Å². The van der Waals surface area contributed by atoms with Gasteiger partial charge in [-0.05, 0) is 18.4 Å². The van der Waals surface area contributed by atoms with Crippen LogP contribution in [0.3, 0.4) is 0 Å². The minimum Gasteiger partial charge on any atom is -0.390 e. The van der Waals surface area contributed by atoms with Crippen LogP contribution < -0.4 is 0 Å². The van der Waals surface area contributed by atoms with Crippen molar-refractivity contribution in [1.29, 1.82) is 0 Å². The van der Waals surface area contributed by atoms with E-state index in [1.165, 1.54) is 11.6 Å². The molecule has 0 saturated heterocycles. The lowest BCUT2D eigenvalue weighted by Gasteiger charge is -2.13. The van der Waals surface area contributed by atoms with Crippen molar-refractivity contribution in [3.05, 3.63) is 48.6 Å². The molecule has 0 radical (unpaired) electrons. The van der Waals surface area contributed by atoms with E-state index in [1.807, 2.05) is 30.3 Å². The summed E-state index contributed by atoms with van der Waals surface area (Å²) in [4.78, 5) is 0. The first-order valence-electron chi connectivity index (χ1n) is 4.76. The number of benzene rings is 1. The zero-order valence-electron chi connectivity index (χ0n) is 8.13.